The van der Waals surface area contributed by atoms with Crippen LogP contribution in [0, 0.1) is 0 Å². The molecule has 1 aromatic rings. The highest BCUT2D eigenvalue weighted by Gasteiger charge is 2.34. The van der Waals surface area contributed by atoms with Crippen molar-refractivity contribution in [1.82, 2.24) is 10.2 Å². The third-order valence-corrected chi connectivity index (χ3v) is 4.70. The average Bonchev–Trinajstić information content (AvgIpc) is 2.96. The molecule has 0 aromatic heterocycles. The number of amides is 2. The van der Waals surface area contributed by atoms with Gasteiger partial charge in [-0.2, -0.15) is 13.2 Å². The van der Waals surface area contributed by atoms with E-state index >= 15 is 0 Å². The number of hydrogen-bond donors (Lipinski definition) is 1. The average molecular weight is 346 g/mol. The van der Waals surface area contributed by atoms with Crippen molar-refractivity contribution in [2.24, 2.45) is 0 Å². The minimum atomic E-state index is -4.38. The van der Waals surface area contributed by atoms with Crippen molar-refractivity contribution in [2.75, 3.05) is 11.6 Å². The van der Waals surface area contributed by atoms with Crippen molar-refractivity contribution in [3.8, 4) is 0 Å². The van der Waals surface area contributed by atoms with Gasteiger partial charge >= 0.3 is 6.18 Å². The molecular weight excluding hydrogens is 329 g/mol. The van der Waals surface area contributed by atoms with Gasteiger partial charge in [0.1, 0.15) is 6.04 Å². The molecule has 1 N–H and O–H groups in total. The number of halogens is 3. The summed E-state index contributed by atoms with van der Waals surface area (Å²) in [7, 11) is 0. The van der Waals surface area contributed by atoms with Crippen molar-refractivity contribution in [2.45, 2.75) is 32.1 Å². The van der Waals surface area contributed by atoms with Crippen LogP contribution in [0.15, 0.2) is 24.3 Å². The van der Waals surface area contributed by atoms with Gasteiger partial charge in [0.15, 0.2) is 0 Å². The fourth-order valence-corrected chi connectivity index (χ4v) is 3.54. The molecular formula is C15H17F3N2O2S. The zero-order valence-corrected chi connectivity index (χ0v) is 13.5. The first-order valence-electron chi connectivity index (χ1n) is 7.02. The molecule has 0 bridgehead atoms. The smallest absolute Gasteiger partial charge is 0.348 e. The first-order chi connectivity index (χ1) is 10.7. The predicted molar refractivity (Wildman–Crippen MR) is 81.6 cm³/mol. The van der Waals surface area contributed by atoms with Crippen LogP contribution in [0.3, 0.4) is 0 Å². The Kier molecular flexibility index (Phi) is 5.23. The molecule has 0 saturated carbocycles. The fraction of sp³-hybridized carbons (Fsp3) is 0.467. The lowest BCUT2D eigenvalue weighted by Crippen LogP contribution is -2.47. The van der Waals surface area contributed by atoms with Gasteiger partial charge in [0.05, 0.1) is 17.5 Å². The van der Waals surface area contributed by atoms with Gasteiger partial charge in [-0.15, -0.1) is 11.8 Å². The Morgan fingerprint density at radius 3 is 2.43 bits per heavy atom. The van der Waals surface area contributed by atoms with Crippen LogP contribution in [0.1, 0.15) is 31.0 Å². The van der Waals surface area contributed by atoms with Crippen LogP contribution in [-0.4, -0.2) is 34.4 Å². The first kappa shape index (κ1) is 17.7. The summed E-state index contributed by atoms with van der Waals surface area (Å²) in [6, 6.07) is 3.70. The zero-order valence-electron chi connectivity index (χ0n) is 12.7. The van der Waals surface area contributed by atoms with Crippen LogP contribution in [-0.2, 0) is 15.8 Å². The molecule has 2 atom stereocenters. The van der Waals surface area contributed by atoms with E-state index < -0.39 is 23.8 Å². The third-order valence-electron chi connectivity index (χ3n) is 3.69. The monoisotopic (exact) mass is 346 g/mol. The lowest BCUT2D eigenvalue weighted by molar-refractivity contribution is -0.137. The molecule has 2 unspecified atom stereocenters. The molecule has 1 aromatic carbocycles. The molecule has 0 aliphatic carbocycles. The fourth-order valence-electron chi connectivity index (χ4n) is 2.32. The second-order valence-corrected chi connectivity index (χ2v) is 6.35. The van der Waals surface area contributed by atoms with Crippen LogP contribution < -0.4 is 5.32 Å². The van der Waals surface area contributed by atoms with Gasteiger partial charge in [0.2, 0.25) is 11.8 Å². The van der Waals surface area contributed by atoms with Gasteiger partial charge in [0.25, 0.3) is 0 Å². The molecule has 2 amide bonds. The minimum absolute atomic E-state index is 0.169. The van der Waals surface area contributed by atoms with Crippen molar-refractivity contribution in [1.29, 1.82) is 0 Å². The summed E-state index contributed by atoms with van der Waals surface area (Å²) in [6.45, 7) is 3.10. The summed E-state index contributed by atoms with van der Waals surface area (Å²) in [6.07, 6.45) is -4.38. The Labute approximate surface area is 136 Å². The van der Waals surface area contributed by atoms with E-state index in [4.69, 9.17) is 0 Å². The number of nitrogens with one attached hydrogen (secondary N) is 1. The van der Waals surface area contributed by atoms with Crippen LogP contribution >= 0.6 is 11.8 Å². The van der Waals surface area contributed by atoms with Gasteiger partial charge in [-0.25, -0.2) is 0 Å². The highest BCUT2D eigenvalue weighted by atomic mass is 32.2. The van der Waals surface area contributed by atoms with Crippen LogP contribution in [0.5, 0.6) is 0 Å². The minimum Gasteiger partial charge on any atom is -0.348 e. The highest BCUT2D eigenvalue weighted by molar-refractivity contribution is 7.99. The Bertz CT molecular complexity index is 589. The molecule has 0 radical (unpaired) electrons. The van der Waals surface area contributed by atoms with E-state index in [0.29, 0.717) is 17.2 Å². The van der Waals surface area contributed by atoms with E-state index in [2.05, 4.69) is 5.32 Å². The maximum Gasteiger partial charge on any atom is 0.416 e. The second kappa shape index (κ2) is 6.82. The number of carbonyl (C=O) groups is 2. The lowest BCUT2D eigenvalue weighted by atomic mass is 10.1. The molecule has 1 fully saturated rings. The Hall–Kier alpha value is -1.70. The van der Waals surface area contributed by atoms with E-state index in [1.165, 1.54) is 35.7 Å². The number of alkyl halides is 3. The highest BCUT2D eigenvalue weighted by Crippen LogP contribution is 2.30. The SMILES string of the molecule is CC(=O)N1CSCC1C(=O)NC(C)c1ccc(C(F)(F)F)cc1. The van der Waals surface area contributed by atoms with Gasteiger partial charge in [-0.05, 0) is 24.6 Å². The van der Waals surface area contributed by atoms with Crippen molar-refractivity contribution >= 4 is 23.6 Å². The summed E-state index contributed by atoms with van der Waals surface area (Å²) >= 11 is 1.49. The Morgan fingerprint density at radius 2 is 1.91 bits per heavy atom. The molecule has 0 spiro atoms. The predicted octanol–water partition coefficient (Wildman–Crippen LogP) is 2.80. The molecule has 1 aliphatic heterocycles. The lowest BCUT2D eigenvalue weighted by Gasteiger charge is -2.24. The first-order valence-corrected chi connectivity index (χ1v) is 8.18. The summed E-state index contributed by atoms with van der Waals surface area (Å²) in [5.41, 5.74) is -0.152. The maximum atomic E-state index is 12.5. The number of rotatable bonds is 3. The molecule has 1 heterocycles. The molecule has 1 aliphatic rings. The maximum absolute atomic E-state index is 12.5. The molecule has 126 valence electrons. The van der Waals surface area contributed by atoms with Gasteiger partial charge < -0.3 is 10.2 Å². The standard InChI is InChI=1S/C15H17F3N2O2S/c1-9(11-3-5-12(6-4-11)15(16,17)18)19-14(22)13-7-23-8-20(13)10(2)21/h3-6,9,13H,7-8H2,1-2H3,(H,19,22). The van der Waals surface area contributed by atoms with E-state index in [9.17, 15) is 22.8 Å². The zero-order chi connectivity index (χ0) is 17.2. The molecule has 4 nitrogen and oxygen atoms in total. The van der Waals surface area contributed by atoms with E-state index in [1.54, 1.807) is 6.92 Å². The molecule has 1 saturated heterocycles. The molecule has 23 heavy (non-hydrogen) atoms. The van der Waals surface area contributed by atoms with Gasteiger partial charge in [-0.3, -0.25) is 9.59 Å². The number of hydrogen-bond acceptors (Lipinski definition) is 3. The van der Waals surface area contributed by atoms with E-state index in [0.717, 1.165) is 12.1 Å². The molecule has 2 rings (SSSR count). The molecule has 8 heteroatoms. The Balaban J connectivity index is 2.02. The summed E-state index contributed by atoms with van der Waals surface area (Å²) in [5.74, 6) is 0.530. The topological polar surface area (TPSA) is 49.4 Å². The largest absolute Gasteiger partial charge is 0.416 e. The van der Waals surface area contributed by atoms with Crippen molar-refractivity contribution < 1.29 is 22.8 Å². The van der Waals surface area contributed by atoms with Crippen LogP contribution in [0.4, 0.5) is 13.2 Å². The van der Waals surface area contributed by atoms with Crippen molar-refractivity contribution in [3.63, 3.8) is 0 Å². The third kappa shape index (κ3) is 4.19. The number of benzene rings is 1. The van der Waals surface area contributed by atoms with Gasteiger partial charge in [0, 0.05) is 12.7 Å². The summed E-state index contributed by atoms with van der Waals surface area (Å²) < 4.78 is 37.6. The van der Waals surface area contributed by atoms with Crippen LogP contribution in [0.25, 0.3) is 0 Å². The van der Waals surface area contributed by atoms with Gasteiger partial charge in [-0.1, -0.05) is 12.1 Å². The number of thioether (sulfide) groups is 1. The van der Waals surface area contributed by atoms with E-state index in [1.807, 2.05) is 0 Å². The summed E-state index contributed by atoms with van der Waals surface area (Å²) in [5, 5.41) is 2.75. The number of carbonyl (C=O) groups excluding carboxylic acids is 2. The second-order valence-electron chi connectivity index (χ2n) is 5.35. The van der Waals surface area contributed by atoms with Crippen molar-refractivity contribution in [3.05, 3.63) is 35.4 Å². The normalized spacial score (nSPS) is 19.5. The number of nitrogens with zero attached hydrogens (tertiary/aromatic N) is 1. The van der Waals surface area contributed by atoms with E-state index in [-0.39, 0.29) is 11.8 Å². The summed E-state index contributed by atoms with van der Waals surface area (Å²) in [4.78, 5) is 25.2. The quantitative estimate of drug-likeness (QED) is 0.916. The Morgan fingerprint density at radius 1 is 1.30 bits per heavy atom. The van der Waals surface area contributed by atoms with Crippen LogP contribution in [0.2, 0.25) is 0 Å².